The van der Waals surface area contributed by atoms with E-state index >= 15 is 0 Å². The van der Waals surface area contributed by atoms with Gasteiger partial charge in [0.15, 0.2) is 0 Å². The predicted octanol–water partition coefficient (Wildman–Crippen LogP) is 2.70. The molecular weight excluding hydrogens is 160 g/mol. The van der Waals surface area contributed by atoms with Crippen LogP contribution in [-0.4, -0.2) is 4.98 Å². The lowest BCUT2D eigenvalue weighted by Crippen LogP contribution is -1.66. The Kier molecular flexibility index (Phi) is 1.85. The van der Waals surface area contributed by atoms with Gasteiger partial charge < -0.3 is 4.98 Å². The third-order valence-electron chi connectivity index (χ3n) is 1.96. The van der Waals surface area contributed by atoms with Crippen LogP contribution >= 0.6 is 0 Å². The molecule has 2 nitrogen and oxygen atoms in total. The average Bonchev–Trinajstić information content (AvgIpc) is 2.58. The maximum atomic E-state index is 8.39. The maximum Gasteiger partial charge on any atom is 0.0912 e. The van der Waals surface area contributed by atoms with Crippen LogP contribution in [0.1, 0.15) is 5.56 Å². The molecule has 13 heavy (non-hydrogen) atoms. The highest BCUT2D eigenvalue weighted by atomic mass is 14.7. The zero-order valence-corrected chi connectivity index (χ0v) is 6.99. The molecule has 1 N–H and O–H groups in total. The summed E-state index contributed by atoms with van der Waals surface area (Å²) in [6.07, 6.45) is 5.19. The van der Waals surface area contributed by atoms with Crippen molar-refractivity contribution in [3.05, 3.63) is 42.1 Å². The summed E-state index contributed by atoms with van der Waals surface area (Å²) < 4.78 is 0. The molecule has 0 aliphatic carbocycles. The Hall–Kier alpha value is -2.01. The molecule has 0 saturated heterocycles. The quantitative estimate of drug-likeness (QED) is 0.653. The van der Waals surface area contributed by atoms with Crippen molar-refractivity contribution in [1.82, 2.24) is 4.98 Å². The zero-order valence-electron chi connectivity index (χ0n) is 6.99. The van der Waals surface area contributed by atoms with Gasteiger partial charge in [-0.15, -0.1) is 0 Å². The largest absolute Gasteiger partial charge is 0.361 e. The molecule has 0 amide bonds. The first kappa shape index (κ1) is 7.63. The Morgan fingerprint density at radius 2 is 2.15 bits per heavy atom. The molecule has 1 heterocycles. The van der Waals surface area contributed by atoms with Crippen molar-refractivity contribution >= 4 is 17.0 Å². The number of nitrogens with zero attached hydrogens (tertiary/aromatic N) is 1. The van der Waals surface area contributed by atoms with Crippen molar-refractivity contribution in [3.63, 3.8) is 0 Å². The Morgan fingerprint density at radius 3 is 3.00 bits per heavy atom. The number of allylic oxidation sites excluding steroid dienone is 1. The third kappa shape index (κ3) is 1.32. The molecule has 0 unspecified atom stereocenters. The maximum absolute atomic E-state index is 8.39. The average molecular weight is 168 g/mol. The summed E-state index contributed by atoms with van der Waals surface area (Å²) >= 11 is 0. The molecule has 1 aromatic heterocycles. The van der Waals surface area contributed by atoms with E-state index in [0.29, 0.717) is 0 Å². The van der Waals surface area contributed by atoms with E-state index in [1.54, 1.807) is 6.08 Å². The summed E-state index contributed by atoms with van der Waals surface area (Å²) in [4.78, 5) is 3.14. The first-order chi connectivity index (χ1) is 6.42. The Bertz CT molecular complexity index is 486. The highest BCUT2D eigenvalue weighted by Crippen LogP contribution is 2.18. The van der Waals surface area contributed by atoms with Crippen molar-refractivity contribution < 1.29 is 0 Å². The normalized spacial score (nSPS) is 10.7. The fourth-order valence-electron chi connectivity index (χ4n) is 1.36. The molecule has 0 radical (unpaired) electrons. The van der Waals surface area contributed by atoms with Crippen molar-refractivity contribution in [2.75, 3.05) is 0 Å². The molecule has 1 aromatic carbocycles. The second-order valence-corrected chi connectivity index (χ2v) is 2.75. The van der Waals surface area contributed by atoms with Crippen LogP contribution in [0.4, 0.5) is 0 Å². The number of fused-ring (bicyclic) bond motifs is 1. The van der Waals surface area contributed by atoms with Crippen LogP contribution in [0.25, 0.3) is 17.0 Å². The van der Waals surface area contributed by atoms with Crippen molar-refractivity contribution in [1.29, 1.82) is 5.26 Å². The second kappa shape index (κ2) is 3.16. The van der Waals surface area contributed by atoms with E-state index in [4.69, 9.17) is 5.26 Å². The molecular formula is C11H8N2. The van der Waals surface area contributed by atoms with Crippen LogP contribution in [0.15, 0.2) is 36.5 Å². The van der Waals surface area contributed by atoms with Crippen LogP contribution in [-0.2, 0) is 0 Å². The lowest BCUT2D eigenvalue weighted by Gasteiger charge is -1.88. The Labute approximate surface area is 76.1 Å². The van der Waals surface area contributed by atoms with Gasteiger partial charge in [0.25, 0.3) is 0 Å². The number of para-hydroxylation sites is 1. The number of nitrogens with one attached hydrogen (secondary N) is 1. The molecule has 0 atom stereocenters. The minimum absolute atomic E-state index is 1.05. The molecule has 0 aliphatic heterocycles. The number of hydrogen-bond acceptors (Lipinski definition) is 1. The van der Waals surface area contributed by atoms with Gasteiger partial charge in [-0.05, 0) is 12.1 Å². The molecule has 0 saturated carbocycles. The van der Waals surface area contributed by atoms with Gasteiger partial charge in [0.1, 0.15) is 0 Å². The summed E-state index contributed by atoms with van der Waals surface area (Å²) in [5, 5.41) is 9.54. The zero-order chi connectivity index (χ0) is 9.10. The van der Waals surface area contributed by atoms with E-state index in [-0.39, 0.29) is 0 Å². The number of hydrogen-bond donors (Lipinski definition) is 1. The van der Waals surface area contributed by atoms with E-state index in [1.807, 2.05) is 36.5 Å². The van der Waals surface area contributed by atoms with Gasteiger partial charge in [-0.25, -0.2) is 0 Å². The lowest BCUT2D eigenvalue weighted by molar-refractivity contribution is 1.47. The molecule has 0 fully saturated rings. The van der Waals surface area contributed by atoms with Gasteiger partial charge in [0.05, 0.1) is 6.07 Å². The first-order valence-electron chi connectivity index (χ1n) is 4.04. The van der Waals surface area contributed by atoms with Gasteiger partial charge in [0.2, 0.25) is 0 Å². The molecule has 2 aromatic rings. The Morgan fingerprint density at radius 1 is 1.31 bits per heavy atom. The number of nitriles is 1. The van der Waals surface area contributed by atoms with Crippen LogP contribution in [0, 0.1) is 11.3 Å². The lowest BCUT2D eigenvalue weighted by atomic mass is 10.2. The van der Waals surface area contributed by atoms with Crippen LogP contribution < -0.4 is 0 Å². The van der Waals surface area contributed by atoms with Crippen LogP contribution in [0.5, 0.6) is 0 Å². The third-order valence-corrected chi connectivity index (χ3v) is 1.96. The van der Waals surface area contributed by atoms with Gasteiger partial charge in [0, 0.05) is 28.7 Å². The van der Waals surface area contributed by atoms with Gasteiger partial charge >= 0.3 is 0 Å². The minimum atomic E-state index is 1.05. The Balaban J connectivity index is 2.59. The summed E-state index contributed by atoms with van der Waals surface area (Å²) in [7, 11) is 0. The smallest absolute Gasteiger partial charge is 0.0912 e. The van der Waals surface area contributed by atoms with E-state index in [2.05, 4.69) is 4.98 Å². The van der Waals surface area contributed by atoms with Crippen molar-refractivity contribution in [2.24, 2.45) is 0 Å². The second-order valence-electron chi connectivity index (χ2n) is 2.75. The molecule has 62 valence electrons. The highest BCUT2D eigenvalue weighted by molar-refractivity contribution is 5.88. The monoisotopic (exact) mass is 168 g/mol. The standard InChI is InChI=1S/C11H8N2/c12-7-3-4-9-8-13-11-6-2-1-5-10(9)11/h1-6,8,13H/b4-3+. The fourth-order valence-corrected chi connectivity index (χ4v) is 1.36. The number of aromatic amines is 1. The minimum Gasteiger partial charge on any atom is -0.361 e. The molecule has 2 rings (SSSR count). The van der Waals surface area contributed by atoms with Gasteiger partial charge in [-0.2, -0.15) is 5.26 Å². The van der Waals surface area contributed by atoms with E-state index in [0.717, 1.165) is 16.5 Å². The molecule has 0 aliphatic rings. The molecule has 2 heteroatoms. The number of benzene rings is 1. The molecule has 0 spiro atoms. The summed E-state index contributed by atoms with van der Waals surface area (Å²) in [6.45, 7) is 0. The van der Waals surface area contributed by atoms with Crippen molar-refractivity contribution in [2.45, 2.75) is 0 Å². The van der Waals surface area contributed by atoms with Crippen LogP contribution in [0.3, 0.4) is 0 Å². The topological polar surface area (TPSA) is 39.6 Å². The van der Waals surface area contributed by atoms with E-state index < -0.39 is 0 Å². The fraction of sp³-hybridized carbons (Fsp3) is 0. The van der Waals surface area contributed by atoms with Crippen molar-refractivity contribution in [3.8, 4) is 6.07 Å². The molecule has 0 bridgehead atoms. The first-order valence-corrected chi connectivity index (χ1v) is 4.04. The SMILES string of the molecule is N#C/C=C/c1c[nH]c2ccccc12. The van der Waals surface area contributed by atoms with Gasteiger partial charge in [-0.3, -0.25) is 0 Å². The van der Waals surface area contributed by atoms with Crippen LogP contribution in [0.2, 0.25) is 0 Å². The van der Waals surface area contributed by atoms with Gasteiger partial charge in [-0.1, -0.05) is 18.2 Å². The number of rotatable bonds is 1. The number of aromatic nitrogens is 1. The van der Waals surface area contributed by atoms with E-state index in [9.17, 15) is 0 Å². The van der Waals surface area contributed by atoms with E-state index in [1.165, 1.54) is 6.08 Å². The predicted molar refractivity (Wildman–Crippen MR) is 52.9 cm³/mol. The summed E-state index contributed by atoms with van der Waals surface area (Å²) in [5.74, 6) is 0. The number of H-pyrrole nitrogens is 1. The summed E-state index contributed by atoms with van der Waals surface area (Å²) in [6, 6.07) is 9.99. The summed E-state index contributed by atoms with van der Waals surface area (Å²) in [5.41, 5.74) is 2.15. The highest BCUT2D eigenvalue weighted by Gasteiger charge is 1.97.